The number of ether oxygens (including phenoxy) is 3. The van der Waals surface area contributed by atoms with Crippen molar-refractivity contribution in [3.05, 3.63) is 240 Å². The van der Waals surface area contributed by atoms with Gasteiger partial charge in [0.15, 0.2) is 0 Å². The van der Waals surface area contributed by atoms with Gasteiger partial charge in [-0.05, 0) is 131 Å². The Morgan fingerprint density at radius 2 is 0.705 bits per heavy atom. The lowest BCUT2D eigenvalue weighted by atomic mass is 10.1. The quantitative estimate of drug-likeness (QED) is 0.0470. The molecule has 0 bridgehead atoms. The van der Waals surface area contributed by atoms with Crippen LogP contribution in [0.4, 0.5) is 36.7 Å². The number of nitrogens with zero attached hydrogens (tertiary/aromatic N) is 8. The SMILES string of the molecule is CC(C)OC(=O)NC(=O)c1cccc(-c2noc(-c3ccccc3F)n2)c1.CCOC(=O)NC(=O)c1cccc(-c2noc(-c3ccccc3F)n2)c1.COC(=O)NC(=O)c1cccc(-c2noc(-c3ccccc3F)n2)c1.O=C(NC(=O)c1cccc(-c2noc(-c3ccccc3F)n2)c1)NC1CC1. The Hall–Kier alpha value is -14.2. The van der Waals surface area contributed by atoms with Crippen LogP contribution in [0.1, 0.15) is 75.0 Å². The number of methoxy groups -OCH3 is 1. The van der Waals surface area contributed by atoms with Crippen molar-refractivity contribution in [2.45, 2.75) is 45.8 Å². The van der Waals surface area contributed by atoms with E-state index in [0.717, 1.165) is 20.0 Å². The van der Waals surface area contributed by atoms with Gasteiger partial charge in [0.2, 0.25) is 23.3 Å². The Morgan fingerprint density at radius 3 is 0.990 bits per heavy atom. The number of amides is 9. The molecule has 0 unspecified atom stereocenters. The number of hydrogen-bond donors (Lipinski definition) is 5. The lowest BCUT2D eigenvalue weighted by Gasteiger charge is -2.08. The molecule has 12 aromatic rings. The molecule has 532 valence electrons. The standard InChI is InChI=1S/C19H15FN4O3.C19H16FN3O4.C18H14FN3O4.C17H12FN3O4/c20-15-7-2-1-6-14(15)18-22-16(24-27-18)11-4-3-5-12(10-11)17(25)23-19(26)21-13-8-9-13;1-11(2)26-19(25)22-17(24)13-7-5-6-12(10-13)16-21-18(27-23-16)14-8-3-4-9-15(14)20;1-2-25-18(24)21-16(23)12-7-5-6-11(10-12)15-20-17(26-22-15)13-8-3-4-9-14(13)19;1-24-17(23)20-15(22)11-6-4-5-10(9-11)14-19-16(25-21-14)12-7-2-3-8-13(12)18/h1-7,10,13H,8-9H2,(H2,21,23,25,26);3-11H,1-2H3,(H,22,24,25);3-10H,2H2,1H3,(H,21,23,24);2-9H,1H3,(H,20,22,23). The summed E-state index contributed by atoms with van der Waals surface area (Å²) in [6.07, 6.45) is -1.01. The van der Waals surface area contributed by atoms with E-state index in [2.05, 4.69) is 71.3 Å². The summed E-state index contributed by atoms with van der Waals surface area (Å²) in [4.78, 5) is 111. The van der Waals surface area contributed by atoms with Gasteiger partial charge in [-0.2, -0.15) is 19.9 Å². The number of urea groups is 1. The normalized spacial score (nSPS) is 11.2. The molecular formula is C73H57F4N13O15. The van der Waals surface area contributed by atoms with Gasteiger partial charge in [0.1, 0.15) is 23.3 Å². The second kappa shape index (κ2) is 34.7. The second-order valence-electron chi connectivity index (χ2n) is 22.2. The number of aromatic nitrogens is 8. The first-order chi connectivity index (χ1) is 50.7. The molecule has 8 aromatic carbocycles. The first kappa shape index (κ1) is 73.5. The van der Waals surface area contributed by atoms with Crippen LogP contribution < -0.4 is 26.6 Å². The van der Waals surface area contributed by atoms with Crippen molar-refractivity contribution in [3.8, 4) is 91.4 Å². The Kier molecular flexibility index (Phi) is 24.3. The highest BCUT2D eigenvalue weighted by Gasteiger charge is 2.26. The number of imide groups is 4. The van der Waals surface area contributed by atoms with Gasteiger partial charge in [0.05, 0.1) is 42.1 Å². The first-order valence-electron chi connectivity index (χ1n) is 31.5. The minimum atomic E-state index is -0.864. The van der Waals surface area contributed by atoms with E-state index >= 15 is 0 Å². The molecule has 32 heteroatoms. The maximum absolute atomic E-state index is 13.9. The fourth-order valence-electron chi connectivity index (χ4n) is 9.12. The highest BCUT2D eigenvalue weighted by molar-refractivity contribution is 6.06. The zero-order valence-electron chi connectivity index (χ0n) is 55.5. The average molecular weight is 1430 g/mol. The topological polar surface area (TPSA) is 380 Å². The number of nitrogens with one attached hydrogen (secondary N) is 5. The lowest BCUT2D eigenvalue weighted by molar-refractivity contribution is 0.0869. The molecule has 9 amide bonds. The predicted molar refractivity (Wildman–Crippen MR) is 363 cm³/mol. The molecule has 0 saturated heterocycles. The molecule has 0 radical (unpaired) electrons. The van der Waals surface area contributed by atoms with Crippen molar-refractivity contribution in [3.63, 3.8) is 0 Å². The predicted octanol–water partition coefficient (Wildman–Crippen LogP) is 13.4. The van der Waals surface area contributed by atoms with Crippen LogP contribution in [0, 0.1) is 23.3 Å². The van der Waals surface area contributed by atoms with Crippen LogP contribution >= 0.6 is 0 Å². The van der Waals surface area contributed by atoms with Crippen molar-refractivity contribution in [2.24, 2.45) is 0 Å². The first-order valence-corrected chi connectivity index (χ1v) is 31.5. The van der Waals surface area contributed by atoms with Crippen LogP contribution in [0.15, 0.2) is 212 Å². The van der Waals surface area contributed by atoms with E-state index in [-0.39, 0.29) is 110 Å². The van der Waals surface area contributed by atoms with Crippen molar-refractivity contribution < 1.29 is 88.2 Å². The highest BCUT2D eigenvalue weighted by atomic mass is 19.1. The van der Waals surface area contributed by atoms with E-state index in [0.29, 0.717) is 22.3 Å². The smallest absolute Gasteiger partial charge is 0.414 e. The van der Waals surface area contributed by atoms with Gasteiger partial charge in [0.25, 0.3) is 47.2 Å². The Labute approximate surface area is 591 Å². The fraction of sp³-hybridized carbons (Fsp3) is 0.123. The number of carbonyl (C=O) groups is 8. The number of rotatable bonds is 15. The van der Waals surface area contributed by atoms with Gasteiger partial charge in [-0.25, -0.2) is 36.7 Å². The Bertz CT molecular complexity index is 5000. The van der Waals surface area contributed by atoms with E-state index in [1.165, 1.54) is 91.0 Å². The summed E-state index contributed by atoms with van der Waals surface area (Å²) in [5.74, 6) is -3.43. The van der Waals surface area contributed by atoms with Gasteiger partial charge >= 0.3 is 24.3 Å². The molecule has 28 nitrogen and oxygen atoms in total. The molecule has 105 heavy (non-hydrogen) atoms. The summed E-state index contributed by atoms with van der Waals surface area (Å²) < 4.78 is 89.7. The minimum absolute atomic E-state index is 0.0255. The summed E-state index contributed by atoms with van der Waals surface area (Å²) in [5, 5.41) is 26.5. The maximum atomic E-state index is 13.9. The van der Waals surface area contributed by atoms with Crippen molar-refractivity contribution in [1.29, 1.82) is 0 Å². The van der Waals surface area contributed by atoms with Gasteiger partial charge < -0.3 is 37.6 Å². The molecule has 4 heterocycles. The average Bonchev–Trinajstić information content (AvgIpc) is 1.71. The van der Waals surface area contributed by atoms with Crippen LogP contribution in [-0.4, -0.2) is 114 Å². The van der Waals surface area contributed by atoms with Gasteiger partial charge in [-0.15, -0.1) is 0 Å². The molecule has 1 saturated carbocycles. The number of alkyl carbamates (subject to hydrolysis) is 3. The van der Waals surface area contributed by atoms with Crippen molar-refractivity contribution in [2.75, 3.05) is 13.7 Å². The summed E-state index contributed by atoms with van der Waals surface area (Å²) in [5.41, 5.74) is 3.60. The highest BCUT2D eigenvalue weighted by Crippen LogP contribution is 2.30. The zero-order chi connectivity index (χ0) is 74.5. The number of carbonyl (C=O) groups excluding carboxylic acids is 8. The van der Waals surface area contributed by atoms with E-state index in [4.69, 9.17) is 22.8 Å². The second-order valence-corrected chi connectivity index (χ2v) is 22.2. The lowest BCUT2D eigenvalue weighted by Crippen LogP contribution is -2.40. The maximum Gasteiger partial charge on any atom is 0.414 e. The molecule has 1 fully saturated rings. The van der Waals surface area contributed by atoms with Crippen LogP contribution in [0.2, 0.25) is 0 Å². The third-order valence-corrected chi connectivity index (χ3v) is 14.2. The number of halogens is 4. The van der Waals surface area contributed by atoms with Crippen LogP contribution in [0.25, 0.3) is 91.4 Å². The number of hydrogen-bond acceptors (Lipinski definition) is 23. The van der Waals surface area contributed by atoms with Crippen LogP contribution in [0.3, 0.4) is 0 Å². The van der Waals surface area contributed by atoms with E-state index < -0.39 is 71.2 Å². The molecule has 4 aromatic heterocycles. The molecule has 0 aliphatic heterocycles. The van der Waals surface area contributed by atoms with Gasteiger partial charge in [-0.1, -0.05) is 118 Å². The third-order valence-electron chi connectivity index (χ3n) is 14.2. The van der Waals surface area contributed by atoms with Crippen LogP contribution in [0.5, 0.6) is 0 Å². The summed E-state index contributed by atoms with van der Waals surface area (Å²) in [6, 6.07) is 49.1. The largest absolute Gasteiger partial charge is 0.453 e. The summed E-state index contributed by atoms with van der Waals surface area (Å²) >= 11 is 0. The molecule has 0 atom stereocenters. The van der Waals surface area contributed by atoms with E-state index in [9.17, 15) is 55.9 Å². The summed E-state index contributed by atoms with van der Waals surface area (Å²) in [6.45, 7) is 5.14. The van der Waals surface area contributed by atoms with E-state index in [1.54, 1.807) is 124 Å². The zero-order valence-corrected chi connectivity index (χ0v) is 55.5. The third kappa shape index (κ3) is 20.1. The molecule has 0 spiro atoms. The van der Waals surface area contributed by atoms with Gasteiger partial charge in [0, 0.05) is 50.5 Å². The fourth-order valence-corrected chi connectivity index (χ4v) is 9.12. The monoisotopic (exact) mass is 1430 g/mol. The Morgan fingerprint density at radius 1 is 0.410 bits per heavy atom. The Balaban J connectivity index is 0.000000150. The molecule has 5 N–H and O–H groups in total. The summed E-state index contributed by atoms with van der Waals surface area (Å²) in [7, 11) is 1.16. The van der Waals surface area contributed by atoms with Gasteiger partial charge in [-0.3, -0.25) is 40.4 Å². The molecular weight excluding hydrogens is 1370 g/mol. The minimum Gasteiger partial charge on any atom is -0.453 e. The van der Waals surface area contributed by atoms with Crippen molar-refractivity contribution in [1.82, 2.24) is 67.1 Å². The van der Waals surface area contributed by atoms with Crippen LogP contribution in [-0.2, 0) is 14.2 Å². The number of benzene rings is 8. The van der Waals surface area contributed by atoms with Crippen molar-refractivity contribution >= 4 is 47.9 Å². The van der Waals surface area contributed by atoms with E-state index in [1.807, 2.05) is 5.32 Å². The molecule has 1 aliphatic rings. The molecule has 13 rings (SSSR count). The molecule has 1 aliphatic carbocycles.